The van der Waals surface area contributed by atoms with Gasteiger partial charge in [-0.25, -0.2) is 0 Å². The predicted octanol–water partition coefficient (Wildman–Crippen LogP) is 4.08. The van der Waals surface area contributed by atoms with Gasteiger partial charge in [0.05, 0.1) is 6.42 Å². The molecule has 1 saturated heterocycles. The van der Waals surface area contributed by atoms with E-state index in [9.17, 15) is 9.59 Å². The van der Waals surface area contributed by atoms with Crippen molar-refractivity contribution >= 4 is 27.7 Å². The third-order valence-corrected chi connectivity index (χ3v) is 5.93. The molecule has 0 bridgehead atoms. The quantitative estimate of drug-likeness (QED) is 0.732. The number of amides is 2. The summed E-state index contributed by atoms with van der Waals surface area (Å²) < 4.78 is 1.04. The summed E-state index contributed by atoms with van der Waals surface area (Å²) in [6.45, 7) is 5.41. The summed E-state index contributed by atoms with van der Waals surface area (Å²) in [5.74, 6) is -0.0277. The Morgan fingerprint density at radius 2 is 1.79 bits per heavy atom. The Bertz CT molecular complexity index is 818. The van der Waals surface area contributed by atoms with Gasteiger partial charge >= 0.3 is 0 Å². The van der Waals surface area contributed by atoms with Gasteiger partial charge in [0.15, 0.2) is 0 Å². The lowest BCUT2D eigenvalue weighted by Gasteiger charge is -2.29. The fourth-order valence-electron chi connectivity index (χ4n) is 3.64. The van der Waals surface area contributed by atoms with Crippen molar-refractivity contribution in [3.05, 3.63) is 70.2 Å². The summed E-state index contributed by atoms with van der Waals surface area (Å²) in [6, 6.07) is 17.5. The van der Waals surface area contributed by atoms with Gasteiger partial charge in [0.2, 0.25) is 11.8 Å². The van der Waals surface area contributed by atoms with Crippen LogP contribution in [0.4, 0.5) is 0 Å². The van der Waals surface area contributed by atoms with Gasteiger partial charge in [-0.05, 0) is 36.1 Å². The van der Waals surface area contributed by atoms with Crippen LogP contribution in [0.15, 0.2) is 59.1 Å². The van der Waals surface area contributed by atoms with Gasteiger partial charge in [0.1, 0.15) is 6.04 Å². The van der Waals surface area contributed by atoms with Crippen molar-refractivity contribution < 1.29 is 9.59 Å². The van der Waals surface area contributed by atoms with E-state index in [4.69, 9.17) is 0 Å². The molecule has 1 aliphatic rings. The minimum absolute atomic E-state index is 0.0241. The van der Waals surface area contributed by atoms with Crippen molar-refractivity contribution in [3.63, 3.8) is 0 Å². The molecule has 2 amide bonds. The van der Waals surface area contributed by atoms with Crippen LogP contribution in [0, 0.1) is 0 Å². The number of hydrogen-bond acceptors (Lipinski definition) is 2. The van der Waals surface area contributed by atoms with E-state index < -0.39 is 0 Å². The number of carbonyl (C=O) groups is 2. The number of carbonyl (C=O) groups excluding carboxylic acids is 2. The van der Waals surface area contributed by atoms with E-state index in [-0.39, 0.29) is 23.3 Å². The maximum absolute atomic E-state index is 12.8. The normalized spacial score (nSPS) is 16.8. The SMILES string of the molecule is CC(C)(CNC(=O)C1CCCN1C(=O)Cc1ccccc1)c1ccc(Br)cc1. The van der Waals surface area contributed by atoms with Gasteiger partial charge in [0.25, 0.3) is 0 Å². The molecule has 0 radical (unpaired) electrons. The molecule has 4 nitrogen and oxygen atoms in total. The molecule has 0 saturated carbocycles. The number of rotatable bonds is 6. The molecular formula is C23H27BrN2O2. The Hall–Kier alpha value is -2.14. The summed E-state index contributed by atoms with van der Waals surface area (Å²) in [6.07, 6.45) is 1.94. The highest BCUT2D eigenvalue weighted by Crippen LogP contribution is 2.25. The maximum Gasteiger partial charge on any atom is 0.242 e. The Kier molecular flexibility index (Phi) is 6.55. The molecule has 0 aromatic heterocycles. The summed E-state index contributed by atoms with van der Waals surface area (Å²) in [4.78, 5) is 27.3. The first-order chi connectivity index (χ1) is 13.4. The minimum Gasteiger partial charge on any atom is -0.353 e. The lowest BCUT2D eigenvalue weighted by Crippen LogP contribution is -2.48. The molecule has 1 atom stereocenters. The average molecular weight is 443 g/mol. The fraction of sp³-hybridized carbons (Fsp3) is 0.391. The molecule has 1 heterocycles. The van der Waals surface area contributed by atoms with E-state index in [2.05, 4.69) is 47.2 Å². The van der Waals surface area contributed by atoms with E-state index >= 15 is 0 Å². The second kappa shape index (κ2) is 8.91. The van der Waals surface area contributed by atoms with Crippen LogP contribution in [0.25, 0.3) is 0 Å². The molecule has 1 N–H and O–H groups in total. The van der Waals surface area contributed by atoms with Crippen LogP contribution < -0.4 is 5.32 Å². The molecule has 2 aromatic carbocycles. The Labute approximate surface area is 175 Å². The Morgan fingerprint density at radius 3 is 2.46 bits per heavy atom. The second-order valence-corrected chi connectivity index (χ2v) is 8.93. The molecule has 3 rings (SSSR count). The van der Waals surface area contributed by atoms with E-state index in [1.165, 1.54) is 5.56 Å². The maximum atomic E-state index is 12.8. The van der Waals surface area contributed by atoms with Gasteiger partial charge in [0, 0.05) is 23.0 Å². The van der Waals surface area contributed by atoms with Crippen LogP contribution in [0.1, 0.15) is 37.8 Å². The van der Waals surface area contributed by atoms with E-state index in [0.717, 1.165) is 22.9 Å². The highest BCUT2D eigenvalue weighted by Gasteiger charge is 2.34. The molecule has 0 spiro atoms. The van der Waals surface area contributed by atoms with Crippen molar-refractivity contribution in [1.29, 1.82) is 0 Å². The lowest BCUT2D eigenvalue weighted by molar-refractivity contribution is -0.138. The smallest absolute Gasteiger partial charge is 0.242 e. The first-order valence-electron chi connectivity index (χ1n) is 9.74. The highest BCUT2D eigenvalue weighted by molar-refractivity contribution is 9.10. The summed E-state index contributed by atoms with van der Waals surface area (Å²) in [7, 11) is 0. The lowest BCUT2D eigenvalue weighted by atomic mass is 9.84. The predicted molar refractivity (Wildman–Crippen MR) is 115 cm³/mol. The molecule has 148 valence electrons. The average Bonchev–Trinajstić information content (AvgIpc) is 3.17. The molecule has 1 fully saturated rings. The summed E-state index contributed by atoms with van der Waals surface area (Å²) in [5.41, 5.74) is 1.96. The fourth-order valence-corrected chi connectivity index (χ4v) is 3.90. The van der Waals surface area contributed by atoms with Crippen LogP contribution in [-0.2, 0) is 21.4 Å². The molecule has 5 heteroatoms. The number of benzene rings is 2. The Balaban J connectivity index is 1.59. The molecule has 28 heavy (non-hydrogen) atoms. The second-order valence-electron chi connectivity index (χ2n) is 8.02. The monoisotopic (exact) mass is 442 g/mol. The zero-order valence-corrected chi connectivity index (χ0v) is 18.0. The molecule has 1 unspecified atom stereocenters. The number of halogens is 1. The summed E-state index contributed by atoms with van der Waals surface area (Å²) in [5, 5.41) is 3.08. The van der Waals surface area contributed by atoms with E-state index in [0.29, 0.717) is 19.5 Å². The molecule has 2 aromatic rings. The van der Waals surface area contributed by atoms with Crippen LogP contribution in [0.5, 0.6) is 0 Å². The van der Waals surface area contributed by atoms with Gasteiger partial charge in [-0.1, -0.05) is 72.2 Å². The van der Waals surface area contributed by atoms with Crippen LogP contribution in [0.3, 0.4) is 0 Å². The Morgan fingerprint density at radius 1 is 1.11 bits per heavy atom. The molecule has 1 aliphatic heterocycles. The van der Waals surface area contributed by atoms with Crippen molar-refractivity contribution in [3.8, 4) is 0 Å². The van der Waals surface area contributed by atoms with Crippen LogP contribution >= 0.6 is 15.9 Å². The highest BCUT2D eigenvalue weighted by atomic mass is 79.9. The molecule has 0 aliphatic carbocycles. The van der Waals surface area contributed by atoms with Gasteiger partial charge < -0.3 is 10.2 Å². The van der Waals surface area contributed by atoms with Crippen molar-refractivity contribution in [2.45, 2.75) is 44.6 Å². The van der Waals surface area contributed by atoms with Gasteiger partial charge in [-0.15, -0.1) is 0 Å². The topological polar surface area (TPSA) is 49.4 Å². The number of nitrogens with one attached hydrogen (secondary N) is 1. The molecular weight excluding hydrogens is 416 g/mol. The number of hydrogen-bond donors (Lipinski definition) is 1. The first kappa shape index (κ1) is 20.6. The van der Waals surface area contributed by atoms with E-state index in [1.54, 1.807) is 4.90 Å². The zero-order chi connectivity index (χ0) is 20.1. The third-order valence-electron chi connectivity index (χ3n) is 5.40. The van der Waals surface area contributed by atoms with Crippen molar-refractivity contribution in [1.82, 2.24) is 10.2 Å². The van der Waals surface area contributed by atoms with Gasteiger partial charge in [-0.3, -0.25) is 9.59 Å². The largest absolute Gasteiger partial charge is 0.353 e. The van der Waals surface area contributed by atoms with Crippen molar-refractivity contribution in [2.24, 2.45) is 0 Å². The zero-order valence-electron chi connectivity index (χ0n) is 16.5. The van der Waals surface area contributed by atoms with Crippen LogP contribution in [0.2, 0.25) is 0 Å². The number of nitrogens with zero attached hydrogens (tertiary/aromatic N) is 1. The van der Waals surface area contributed by atoms with Crippen LogP contribution in [-0.4, -0.2) is 35.8 Å². The van der Waals surface area contributed by atoms with E-state index in [1.807, 2.05) is 42.5 Å². The van der Waals surface area contributed by atoms with Gasteiger partial charge in [-0.2, -0.15) is 0 Å². The summed E-state index contributed by atoms with van der Waals surface area (Å²) >= 11 is 3.46. The van der Waals surface area contributed by atoms with Crippen molar-refractivity contribution in [2.75, 3.05) is 13.1 Å². The number of likely N-dealkylation sites (tertiary alicyclic amines) is 1. The first-order valence-corrected chi connectivity index (χ1v) is 10.5. The standard InChI is InChI=1S/C23H27BrN2O2/c1-23(2,18-10-12-19(24)13-11-18)16-25-22(28)20-9-6-14-26(20)21(27)15-17-7-4-3-5-8-17/h3-5,7-8,10-13,20H,6,9,14-16H2,1-2H3,(H,25,28). The third kappa shape index (κ3) is 5.02. The minimum atomic E-state index is -0.364.